The SMILES string of the molecule is CC(Cl)C(=O)C(=O)N(C)C. The minimum Gasteiger partial charge on any atom is -0.342 e. The molecule has 0 saturated heterocycles. The predicted molar refractivity (Wildman–Crippen MR) is 39.0 cm³/mol. The number of ketones is 1. The van der Waals surface area contributed by atoms with Gasteiger partial charge in [-0.05, 0) is 6.92 Å². The third kappa shape index (κ3) is 2.35. The summed E-state index contributed by atoms with van der Waals surface area (Å²) in [6.07, 6.45) is 0. The summed E-state index contributed by atoms with van der Waals surface area (Å²) in [5, 5.41) is -0.727. The molecule has 1 atom stereocenters. The molecule has 0 heterocycles. The molecule has 3 nitrogen and oxygen atoms in total. The highest BCUT2D eigenvalue weighted by Gasteiger charge is 2.20. The zero-order valence-electron chi connectivity index (χ0n) is 6.22. The molecule has 10 heavy (non-hydrogen) atoms. The average molecular weight is 164 g/mol. The molecule has 58 valence electrons. The van der Waals surface area contributed by atoms with Crippen LogP contribution in [0, 0.1) is 0 Å². The second-order valence-corrected chi connectivity index (χ2v) is 2.83. The van der Waals surface area contributed by atoms with Gasteiger partial charge in [0.25, 0.3) is 5.91 Å². The van der Waals surface area contributed by atoms with Gasteiger partial charge >= 0.3 is 0 Å². The first-order chi connectivity index (χ1) is 4.46. The van der Waals surface area contributed by atoms with Gasteiger partial charge in [-0.2, -0.15) is 0 Å². The van der Waals surface area contributed by atoms with Crippen molar-refractivity contribution in [2.24, 2.45) is 0 Å². The first kappa shape index (κ1) is 9.43. The minimum absolute atomic E-state index is 0.553. The number of Topliss-reactive ketones (excluding diaryl/α,β-unsaturated/α-hetero) is 1. The van der Waals surface area contributed by atoms with Crippen LogP contribution in [0.1, 0.15) is 6.92 Å². The Morgan fingerprint density at radius 2 is 1.80 bits per heavy atom. The van der Waals surface area contributed by atoms with E-state index in [0.717, 1.165) is 0 Å². The highest BCUT2D eigenvalue weighted by Crippen LogP contribution is 1.96. The Bertz CT molecular complexity index is 136. The van der Waals surface area contributed by atoms with E-state index < -0.39 is 17.1 Å². The Kier molecular flexibility index (Phi) is 3.36. The summed E-state index contributed by atoms with van der Waals surface area (Å²) in [5.41, 5.74) is 0. The Labute approximate surface area is 65.0 Å². The van der Waals surface area contributed by atoms with E-state index in [2.05, 4.69) is 0 Å². The fraction of sp³-hybridized carbons (Fsp3) is 0.667. The molecule has 0 radical (unpaired) electrons. The van der Waals surface area contributed by atoms with Crippen LogP contribution >= 0.6 is 11.6 Å². The summed E-state index contributed by atoms with van der Waals surface area (Å²) in [5.74, 6) is -1.12. The lowest BCUT2D eigenvalue weighted by Gasteiger charge is -2.08. The normalized spacial score (nSPS) is 12.4. The van der Waals surface area contributed by atoms with E-state index in [-0.39, 0.29) is 0 Å². The molecule has 0 aliphatic carbocycles. The highest BCUT2D eigenvalue weighted by atomic mass is 35.5. The largest absolute Gasteiger partial charge is 0.342 e. The van der Waals surface area contributed by atoms with Gasteiger partial charge in [0, 0.05) is 14.1 Å². The lowest BCUT2D eigenvalue weighted by Crippen LogP contribution is -2.33. The maximum Gasteiger partial charge on any atom is 0.291 e. The van der Waals surface area contributed by atoms with Gasteiger partial charge in [-0.3, -0.25) is 9.59 Å². The topological polar surface area (TPSA) is 37.4 Å². The lowest BCUT2D eigenvalue weighted by molar-refractivity contribution is -0.142. The molecule has 4 heteroatoms. The number of alkyl halides is 1. The molecular weight excluding hydrogens is 154 g/mol. The molecule has 0 saturated carbocycles. The fourth-order valence-corrected chi connectivity index (χ4v) is 0.484. The van der Waals surface area contributed by atoms with Crippen molar-refractivity contribution in [1.82, 2.24) is 4.90 Å². The van der Waals surface area contributed by atoms with Crippen LogP contribution in [-0.4, -0.2) is 36.1 Å². The monoisotopic (exact) mass is 163 g/mol. The van der Waals surface area contributed by atoms with Crippen molar-refractivity contribution in [1.29, 1.82) is 0 Å². The van der Waals surface area contributed by atoms with Gasteiger partial charge < -0.3 is 4.90 Å². The maximum atomic E-state index is 10.8. The van der Waals surface area contributed by atoms with Gasteiger partial charge in [-0.1, -0.05) is 0 Å². The molecule has 1 amide bonds. The molecule has 0 aromatic carbocycles. The zero-order valence-corrected chi connectivity index (χ0v) is 6.97. The summed E-state index contributed by atoms with van der Waals surface area (Å²) in [7, 11) is 3.03. The lowest BCUT2D eigenvalue weighted by atomic mass is 10.3. The van der Waals surface area contributed by atoms with E-state index >= 15 is 0 Å². The van der Waals surface area contributed by atoms with Gasteiger partial charge in [-0.25, -0.2) is 0 Å². The van der Waals surface area contributed by atoms with Gasteiger partial charge in [-0.15, -0.1) is 11.6 Å². The third-order valence-electron chi connectivity index (χ3n) is 0.978. The summed E-state index contributed by atoms with van der Waals surface area (Å²) in [6, 6.07) is 0. The van der Waals surface area contributed by atoms with E-state index in [4.69, 9.17) is 11.6 Å². The molecule has 0 rings (SSSR count). The second-order valence-electron chi connectivity index (χ2n) is 2.18. The number of hydrogen-bond acceptors (Lipinski definition) is 2. The van der Waals surface area contributed by atoms with Crippen LogP contribution in [-0.2, 0) is 9.59 Å². The summed E-state index contributed by atoms with van der Waals surface area (Å²) in [6.45, 7) is 1.48. The number of rotatable bonds is 2. The number of carbonyl (C=O) groups excluding carboxylic acids is 2. The van der Waals surface area contributed by atoms with Crippen LogP contribution in [0.25, 0.3) is 0 Å². The molecule has 0 N–H and O–H groups in total. The molecule has 0 bridgehead atoms. The summed E-state index contributed by atoms with van der Waals surface area (Å²) in [4.78, 5) is 22.7. The van der Waals surface area contributed by atoms with Gasteiger partial charge in [0.05, 0.1) is 5.38 Å². The van der Waals surface area contributed by atoms with Gasteiger partial charge in [0.1, 0.15) is 0 Å². The second kappa shape index (κ2) is 3.56. The molecule has 0 aliphatic rings. The molecule has 0 fully saturated rings. The van der Waals surface area contributed by atoms with Crippen LogP contribution in [0.5, 0.6) is 0 Å². The number of amides is 1. The van der Waals surface area contributed by atoms with E-state index in [1.807, 2.05) is 0 Å². The zero-order chi connectivity index (χ0) is 8.31. The molecule has 0 spiro atoms. The Hall–Kier alpha value is -0.570. The van der Waals surface area contributed by atoms with Crippen molar-refractivity contribution in [3.05, 3.63) is 0 Å². The van der Waals surface area contributed by atoms with Gasteiger partial charge in [0.15, 0.2) is 0 Å². The van der Waals surface area contributed by atoms with Crippen LogP contribution in [0.4, 0.5) is 0 Å². The predicted octanol–water partition coefficient (Wildman–Crippen LogP) is 0.271. The fourth-order valence-electron chi connectivity index (χ4n) is 0.391. The first-order valence-electron chi connectivity index (χ1n) is 2.86. The van der Waals surface area contributed by atoms with Crippen LogP contribution in [0.15, 0.2) is 0 Å². The summed E-state index contributed by atoms with van der Waals surface area (Å²) >= 11 is 5.37. The number of carbonyl (C=O) groups is 2. The highest BCUT2D eigenvalue weighted by molar-refractivity contribution is 6.48. The van der Waals surface area contributed by atoms with E-state index in [1.54, 1.807) is 0 Å². The Morgan fingerprint density at radius 3 is 1.90 bits per heavy atom. The standard InChI is InChI=1S/C6H10ClNO2/c1-4(7)5(9)6(10)8(2)3/h4H,1-3H3. The van der Waals surface area contributed by atoms with Crippen molar-refractivity contribution in [2.45, 2.75) is 12.3 Å². The number of nitrogens with zero attached hydrogens (tertiary/aromatic N) is 1. The van der Waals surface area contributed by atoms with E-state index in [0.29, 0.717) is 0 Å². The van der Waals surface area contributed by atoms with E-state index in [1.165, 1.54) is 25.9 Å². The Balaban J connectivity index is 4.10. The molecule has 0 aromatic rings. The summed E-state index contributed by atoms with van der Waals surface area (Å²) < 4.78 is 0. The average Bonchev–Trinajstić information content (AvgIpc) is 1.84. The number of likely N-dealkylation sites (N-methyl/N-ethyl adjacent to an activating group) is 1. The maximum absolute atomic E-state index is 10.8. The molecule has 1 unspecified atom stereocenters. The van der Waals surface area contributed by atoms with Crippen molar-refractivity contribution < 1.29 is 9.59 Å². The quantitative estimate of drug-likeness (QED) is 0.433. The molecule has 0 aromatic heterocycles. The number of halogens is 1. The third-order valence-corrected chi connectivity index (χ3v) is 1.18. The van der Waals surface area contributed by atoms with Crippen molar-refractivity contribution >= 4 is 23.3 Å². The first-order valence-corrected chi connectivity index (χ1v) is 3.30. The van der Waals surface area contributed by atoms with Crippen molar-refractivity contribution in [3.8, 4) is 0 Å². The van der Waals surface area contributed by atoms with E-state index in [9.17, 15) is 9.59 Å². The number of hydrogen-bond donors (Lipinski definition) is 0. The minimum atomic E-state index is -0.727. The van der Waals surface area contributed by atoms with Gasteiger partial charge in [0.2, 0.25) is 5.78 Å². The Morgan fingerprint density at radius 1 is 1.40 bits per heavy atom. The van der Waals surface area contributed by atoms with Crippen molar-refractivity contribution in [3.63, 3.8) is 0 Å². The molecular formula is C6H10ClNO2. The van der Waals surface area contributed by atoms with Crippen LogP contribution in [0.3, 0.4) is 0 Å². The molecule has 0 aliphatic heterocycles. The smallest absolute Gasteiger partial charge is 0.291 e. The van der Waals surface area contributed by atoms with Crippen LogP contribution < -0.4 is 0 Å². The van der Waals surface area contributed by atoms with Crippen molar-refractivity contribution in [2.75, 3.05) is 14.1 Å². The van der Waals surface area contributed by atoms with Crippen LogP contribution in [0.2, 0.25) is 0 Å².